The summed E-state index contributed by atoms with van der Waals surface area (Å²) >= 11 is 0. The minimum Gasteiger partial charge on any atom is -0.318 e. The van der Waals surface area contributed by atoms with Crippen LogP contribution in [0.25, 0.3) is 11.8 Å². The number of rotatable bonds is 4. The standard InChI is InChI=1S/C25H25N3O/c1-5-20-11-13-22(14-12-20)27-17(2)15-21(19(27)4)16-24-18(3)26-28(25(24)29)23-9-7-6-8-10-23/h6-16H,5H2,1-4H3/b24-16+. The van der Waals surface area contributed by atoms with E-state index in [1.165, 1.54) is 10.6 Å². The number of aromatic nitrogens is 1. The molecule has 2 heterocycles. The molecule has 0 fully saturated rings. The third-order valence-electron chi connectivity index (χ3n) is 5.44. The molecular formula is C25H25N3O. The molecule has 4 nitrogen and oxygen atoms in total. The zero-order valence-electron chi connectivity index (χ0n) is 17.3. The van der Waals surface area contributed by atoms with Gasteiger partial charge >= 0.3 is 0 Å². The molecule has 4 rings (SSSR count). The number of anilines is 1. The Morgan fingerprint density at radius 2 is 1.62 bits per heavy atom. The lowest BCUT2D eigenvalue weighted by Crippen LogP contribution is -2.21. The number of hydrazone groups is 1. The number of carbonyl (C=O) groups excluding carboxylic acids is 1. The monoisotopic (exact) mass is 383 g/mol. The summed E-state index contributed by atoms with van der Waals surface area (Å²) in [6.07, 6.45) is 2.99. The predicted molar refractivity (Wildman–Crippen MR) is 120 cm³/mol. The SMILES string of the molecule is CCc1ccc(-n2c(C)cc(/C=C3/C(=O)N(c4ccccc4)N=C3C)c2C)cc1. The van der Waals surface area contributed by atoms with Gasteiger partial charge in [-0.25, -0.2) is 0 Å². The van der Waals surface area contributed by atoms with E-state index in [-0.39, 0.29) is 5.91 Å². The van der Waals surface area contributed by atoms with Crippen LogP contribution in [0.4, 0.5) is 5.69 Å². The van der Waals surface area contributed by atoms with E-state index in [1.807, 2.05) is 43.3 Å². The van der Waals surface area contributed by atoms with Crippen molar-refractivity contribution in [2.45, 2.75) is 34.1 Å². The lowest BCUT2D eigenvalue weighted by molar-refractivity contribution is -0.114. The van der Waals surface area contributed by atoms with Crippen molar-refractivity contribution in [1.82, 2.24) is 4.57 Å². The highest BCUT2D eigenvalue weighted by molar-refractivity contribution is 6.32. The summed E-state index contributed by atoms with van der Waals surface area (Å²) in [7, 11) is 0. The van der Waals surface area contributed by atoms with E-state index in [9.17, 15) is 4.79 Å². The Bertz CT molecular complexity index is 1120. The Hall–Kier alpha value is -3.40. The van der Waals surface area contributed by atoms with Crippen LogP contribution in [-0.2, 0) is 11.2 Å². The van der Waals surface area contributed by atoms with Crippen LogP contribution in [0.1, 0.15) is 36.4 Å². The molecule has 3 aromatic rings. The van der Waals surface area contributed by atoms with Gasteiger partial charge in [0, 0.05) is 17.1 Å². The van der Waals surface area contributed by atoms with Crippen LogP contribution < -0.4 is 5.01 Å². The van der Waals surface area contributed by atoms with Gasteiger partial charge in [-0.1, -0.05) is 37.3 Å². The Labute approximate surface area is 171 Å². The largest absolute Gasteiger partial charge is 0.318 e. The van der Waals surface area contributed by atoms with Crippen LogP contribution in [0.3, 0.4) is 0 Å². The fraction of sp³-hybridized carbons (Fsp3) is 0.200. The molecule has 4 heteroatoms. The van der Waals surface area contributed by atoms with E-state index in [0.29, 0.717) is 5.57 Å². The average Bonchev–Trinajstić information content (AvgIpc) is 3.18. The quantitative estimate of drug-likeness (QED) is 0.551. The van der Waals surface area contributed by atoms with Gasteiger partial charge in [0.2, 0.25) is 0 Å². The molecule has 2 aromatic carbocycles. The Morgan fingerprint density at radius 1 is 0.931 bits per heavy atom. The van der Waals surface area contributed by atoms with Crippen molar-refractivity contribution in [1.29, 1.82) is 0 Å². The molecule has 0 unspecified atom stereocenters. The van der Waals surface area contributed by atoms with Crippen LogP contribution in [-0.4, -0.2) is 16.2 Å². The number of hydrogen-bond acceptors (Lipinski definition) is 2. The van der Waals surface area contributed by atoms with Crippen LogP contribution in [0.2, 0.25) is 0 Å². The van der Waals surface area contributed by atoms with Gasteiger partial charge in [-0.3, -0.25) is 4.79 Å². The molecule has 1 aliphatic heterocycles. The molecular weight excluding hydrogens is 358 g/mol. The van der Waals surface area contributed by atoms with Crippen LogP contribution in [0.15, 0.2) is 71.3 Å². The molecule has 1 amide bonds. The second-order valence-corrected chi connectivity index (χ2v) is 7.38. The second kappa shape index (κ2) is 7.55. The van der Waals surface area contributed by atoms with Crippen molar-refractivity contribution in [3.8, 4) is 5.69 Å². The molecule has 0 bridgehead atoms. The molecule has 0 radical (unpaired) electrons. The van der Waals surface area contributed by atoms with Crippen LogP contribution >= 0.6 is 0 Å². The van der Waals surface area contributed by atoms with Crippen molar-refractivity contribution in [2.24, 2.45) is 5.10 Å². The van der Waals surface area contributed by atoms with E-state index in [0.717, 1.165) is 40.5 Å². The number of nitrogens with zero attached hydrogens (tertiary/aromatic N) is 3. The van der Waals surface area contributed by atoms with Crippen molar-refractivity contribution in [2.75, 3.05) is 5.01 Å². The maximum atomic E-state index is 13.0. The summed E-state index contributed by atoms with van der Waals surface area (Å²) < 4.78 is 2.23. The number of para-hydroxylation sites is 1. The van der Waals surface area contributed by atoms with Crippen molar-refractivity contribution in [3.05, 3.63) is 88.8 Å². The van der Waals surface area contributed by atoms with Gasteiger partial charge in [0.15, 0.2) is 0 Å². The van der Waals surface area contributed by atoms with Gasteiger partial charge in [-0.05, 0) is 74.7 Å². The van der Waals surface area contributed by atoms with Gasteiger partial charge in [-0.15, -0.1) is 0 Å². The van der Waals surface area contributed by atoms with Crippen molar-refractivity contribution < 1.29 is 4.79 Å². The first-order valence-electron chi connectivity index (χ1n) is 9.94. The molecule has 0 N–H and O–H groups in total. The molecule has 0 saturated carbocycles. The van der Waals surface area contributed by atoms with Gasteiger partial charge in [-0.2, -0.15) is 10.1 Å². The first kappa shape index (κ1) is 18.9. The molecule has 0 atom stereocenters. The number of benzene rings is 2. The third kappa shape index (κ3) is 3.42. The smallest absolute Gasteiger partial charge is 0.280 e. The number of carbonyl (C=O) groups is 1. The third-order valence-corrected chi connectivity index (χ3v) is 5.44. The summed E-state index contributed by atoms with van der Waals surface area (Å²) in [5, 5.41) is 5.95. The van der Waals surface area contributed by atoms with Gasteiger partial charge in [0.25, 0.3) is 5.91 Å². The van der Waals surface area contributed by atoms with Gasteiger partial charge in [0.1, 0.15) is 0 Å². The van der Waals surface area contributed by atoms with E-state index < -0.39 is 0 Å². The molecule has 0 spiro atoms. The van der Waals surface area contributed by atoms with E-state index in [2.05, 4.69) is 60.8 Å². The molecule has 0 saturated heterocycles. The van der Waals surface area contributed by atoms with Gasteiger partial charge in [0.05, 0.1) is 17.0 Å². The van der Waals surface area contributed by atoms with E-state index in [1.54, 1.807) is 0 Å². The summed E-state index contributed by atoms with van der Waals surface area (Å²) in [5.74, 6) is -0.0919. The summed E-state index contributed by atoms with van der Waals surface area (Å²) in [4.78, 5) is 13.0. The Balaban J connectivity index is 1.70. The number of aryl methyl sites for hydroxylation is 2. The van der Waals surface area contributed by atoms with E-state index in [4.69, 9.17) is 0 Å². The normalized spacial score (nSPS) is 15.3. The molecule has 146 valence electrons. The highest BCUT2D eigenvalue weighted by Gasteiger charge is 2.29. The second-order valence-electron chi connectivity index (χ2n) is 7.38. The fourth-order valence-electron chi connectivity index (χ4n) is 3.80. The molecule has 29 heavy (non-hydrogen) atoms. The summed E-state index contributed by atoms with van der Waals surface area (Å²) in [5.41, 5.74) is 7.89. The molecule has 0 aliphatic carbocycles. The average molecular weight is 383 g/mol. The maximum Gasteiger partial charge on any atom is 0.280 e. The maximum absolute atomic E-state index is 13.0. The minimum absolute atomic E-state index is 0.0919. The van der Waals surface area contributed by atoms with Crippen molar-refractivity contribution in [3.63, 3.8) is 0 Å². The Kier molecular flexibility index (Phi) is 4.93. The topological polar surface area (TPSA) is 37.6 Å². The zero-order valence-corrected chi connectivity index (χ0v) is 17.3. The predicted octanol–water partition coefficient (Wildman–Crippen LogP) is 5.46. The fourth-order valence-corrected chi connectivity index (χ4v) is 3.80. The van der Waals surface area contributed by atoms with Crippen molar-refractivity contribution >= 4 is 23.4 Å². The minimum atomic E-state index is -0.0919. The lowest BCUT2D eigenvalue weighted by Gasteiger charge is -2.11. The summed E-state index contributed by atoms with van der Waals surface area (Å²) in [6.45, 7) is 8.23. The molecule has 1 aromatic heterocycles. The molecule has 1 aliphatic rings. The van der Waals surface area contributed by atoms with Crippen LogP contribution in [0.5, 0.6) is 0 Å². The zero-order chi connectivity index (χ0) is 20.5. The Morgan fingerprint density at radius 3 is 2.28 bits per heavy atom. The number of hydrogen-bond donors (Lipinski definition) is 0. The van der Waals surface area contributed by atoms with Crippen LogP contribution in [0, 0.1) is 13.8 Å². The first-order chi connectivity index (χ1) is 14.0. The summed E-state index contributed by atoms with van der Waals surface area (Å²) in [6, 6.07) is 20.3. The highest BCUT2D eigenvalue weighted by Crippen LogP contribution is 2.27. The van der Waals surface area contributed by atoms with Gasteiger partial charge < -0.3 is 4.57 Å². The first-order valence-corrected chi connectivity index (χ1v) is 9.94. The lowest BCUT2D eigenvalue weighted by atomic mass is 10.1. The highest BCUT2D eigenvalue weighted by atomic mass is 16.2. The number of amides is 1. The van der Waals surface area contributed by atoms with E-state index >= 15 is 0 Å².